The van der Waals surface area contributed by atoms with Crippen LogP contribution in [0.25, 0.3) is 0 Å². The van der Waals surface area contributed by atoms with E-state index in [2.05, 4.69) is 19.2 Å². The molecule has 0 amide bonds. The van der Waals surface area contributed by atoms with Gasteiger partial charge in [-0.05, 0) is 44.1 Å². The van der Waals surface area contributed by atoms with Crippen molar-refractivity contribution in [2.24, 2.45) is 11.8 Å². The molecule has 0 spiro atoms. The molecular weight excluding hydrogens is 282 g/mol. The Morgan fingerprint density at radius 1 is 1.05 bits per heavy atom. The number of hydrogen-bond donors (Lipinski definition) is 1. The van der Waals surface area contributed by atoms with Gasteiger partial charge in [-0.25, -0.2) is 8.42 Å². The molecule has 1 N–H and O–H groups in total. The van der Waals surface area contributed by atoms with Gasteiger partial charge in [-0.1, -0.05) is 46.0 Å². The zero-order valence-electron chi connectivity index (χ0n) is 13.8. The average Bonchev–Trinajstić information content (AvgIpc) is 2.49. The van der Waals surface area contributed by atoms with Crippen LogP contribution in [0.5, 0.6) is 0 Å². The van der Waals surface area contributed by atoms with Gasteiger partial charge >= 0.3 is 0 Å². The Balaban J connectivity index is 2.19. The third-order valence-electron chi connectivity index (χ3n) is 5.61. The van der Waals surface area contributed by atoms with E-state index in [4.69, 9.17) is 0 Å². The lowest BCUT2D eigenvalue weighted by Crippen LogP contribution is -2.53. The van der Waals surface area contributed by atoms with Gasteiger partial charge in [0, 0.05) is 6.04 Å². The topological polar surface area (TPSA) is 46.2 Å². The van der Waals surface area contributed by atoms with Crippen molar-refractivity contribution in [1.29, 1.82) is 0 Å². The predicted molar refractivity (Wildman–Crippen MR) is 89.2 cm³/mol. The highest BCUT2D eigenvalue weighted by Gasteiger charge is 2.41. The zero-order chi connectivity index (χ0) is 15.3. The van der Waals surface area contributed by atoms with Crippen LogP contribution in [0, 0.1) is 11.8 Å². The van der Waals surface area contributed by atoms with E-state index < -0.39 is 9.84 Å². The van der Waals surface area contributed by atoms with E-state index in [9.17, 15) is 8.42 Å². The Labute approximate surface area is 131 Å². The van der Waals surface area contributed by atoms with Crippen LogP contribution < -0.4 is 5.32 Å². The van der Waals surface area contributed by atoms with Crippen LogP contribution in [0.4, 0.5) is 0 Å². The highest BCUT2D eigenvalue weighted by molar-refractivity contribution is 7.92. The SMILES string of the molecule is CCCNC(C1CCCCC1CC)C1CCCCS1(=O)=O. The molecule has 3 nitrogen and oxygen atoms in total. The van der Waals surface area contributed by atoms with Crippen molar-refractivity contribution in [2.45, 2.75) is 82.9 Å². The molecule has 0 aromatic rings. The van der Waals surface area contributed by atoms with Crippen molar-refractivity contribution < 1.29 is 8.42 Å². The molecule has 1 saturated carbocycles. The van der Waals surface area contributed by atoms with Crippen LogP contribution in [0.15, 0.2) is 0 Å². The zero-order valence-corrected chi connectivity index (χ0v) is 14.6. The van der Waals surface area contributed by atoms with E-state index >= 15 is 0 Å². The minimum atomic E-state index is -2.90. The monoisotopic (exact) mass is 315 g/mol. The quantitative estimate of drug-likeness (QED) is 0.815. The van der Waals surface area contributed by atoms with Crippen LogP contribution in [0.1, 0.15) is 71.6 Å². The van der Waals surface area contributed by atoms with Crippen molar-refractivity contribution in [3.05, 3.63) is 0 Å². The molecule has 2 aliphatic rings. The fraction of sp³-hybridized carbons (Fsp3) is 1.00. The maximum absolute atomic E-state index is 12.6. The van der Waals surface area contributed by atoms with Crippen molar-refractivity contribution >= 4 is 9.84 Å². The van der Waals surface area contributed by atoms with E-state index in [1.165, 1.54) is 32.1 Å². The van der Waals surface area contributed by atoms with Crippen LogP contribution in [0.2, 0.25) is 0 Å². The van der Waals surface area contributed by atoms with Gasteiger partial charge in [0.15, 0.2) is 9.84 Å². The minimum absolute atomic E-state index is 0.130. The van der Waals surface area contributed by atoms with Gasteiger partial charge in [0.25, 0.3) is 0 Å². The van der Waals surface area contributed by atoms with E-state index in [-0.39, 0.29) is 11.3 Å². The summed E-state index contributed by atoms with van der Waals surface area (Å²) in [5, 5.41) is 3.52. The Morgan fingerprint density at radius 2 is 1.76 bits per heavy atom. The number of rotatable bonds is 6. The summed E-state index contributed by atoms with van der Waals surface area (Å²) in [6.07, 6.45) is 10.2. The molecule has 4 unspecified atom stereocenters. The van der Waals surface area contributed by atoms with E-state index in [1.807, 2.05) is 0 Å². The first-order valence-corrected chi connectivity index (χ1v) is 10.8. The maximum atomic E-state index is 12.6. The first-order valence-electron chi connectivity index (χ1n) is 9.05. The summed E-state index contributed by atoms with van der Waals surface area (Å²) in [4.78, 5) is 0. The Bertz CT molecular complexity index is 407. The summed E-state index contributed by atoms with van der Waals surface area (Å²) in [6, 6.07) is 0.195. The second kappa shape index (κ2) is 7.96. The summed E-state index contributed by atoms with van der Waals surface area (Å²) >= 11 is 0. The Hall–Kier alpha value is -0.0900. The average molecular weight is 316 g/mol. The molecular formula is C17H33NO2S. The lowest BCUT2D eigenvalue weighted by atomic mass is 9.72. The Morgan fingerprint density at radius 3 is 2.43 bits per heavy atom. The Kier molecular flexibility index (Phi) is 6.54. The molecule has 4 atom stereocenters. The van der Waals surface area contributed by atoms with Gasteiger partial charge in [-0.3, -0.25) is 0 Å². The molecule has 1 aliphatic heterocycles. The first-order chi connectivity index (χ1) is 10.1. The van der Waals surface area contributed by atoms with Crippen LogP contribution in [-0.4, -0.2) is 32.0 Å². The molecule has 124 valence electrons. The molecule has 0 aromatic carbocycles. The van der Waals surface area contributed by atoms with Gasteiger partial charge in [0.1, 0.15) is 0 Å². The third-order valence-corrected chi connectivity index (χ3v) is 7.92. The summed E-state index contributed by atoms with van der Waals surface area (Å²) in [7, 11) is -2.90. The van der Waals surface area contributed by atoms with Crippen LogP contribution >= 0.6 is 0 Å². The van der Waals surface area contributed by atoms with Crippen molar-refractivity contribution in [2.75, 3.05) is 12.3 Å². The molecule has 4 heteroatoms. The summed E-state index contributed by atoms with van der Waals surface area (Å²) in [5.74, 6) is 1.68. The highest BCUT2D eigenvalue weighted by Crippen LogP contribution is 2.38. The van der Waals surface area contributed by atoms with Crippen molar-refractivity contribution in [3.8, 4) is 0 Å². The standard InChI is InChI=1S/C17H33NO2S/c1-3-12-18-17(15-10-6-5-9-14(15)4-2)16-11-7-8-13-21(16,19)20/h14-18H,3-13H2,1-2H3. The highest BCUT2D eigenvalue weighted by atomic mass is 32.2. The summed E-state index contributed by atoms with van der Waals surface area (Å²) < 4.78 is 25.2. The minimum Gasteiger partial charge on any atom is -0.312 e. The second-order valence-electron chi connectivity index (χ2n) is 7.00. The summed E-state index contributed by atoms with van der Waals surface area (Å²) in [5.41, 5.74) is 0. The van der Waals surface area contributed by atoms with Gasteiger partial charge < -0.3 is 5.32 Å². The van der Waals surface area contributed by atoms with Crippen molar-refractivity contribution in [1.82, 2.24) is 5.32 Å². The largest absolute Gasteiger partial charge is 0.312 e. The van der Waals surface area contributed by atoms with E-state index in [0.29, 0.717) is 17.6 Å². The molecule has 0 bridgehead atoms. The smallest absolute Gasteiger partial charge is 0.154 e. The predicted octanol–water partition coefficient (Wildman–Crippen LogP) is 3.54. The number of nitrogens with one attached hydrogen (secondary N) is 1. The lowest BCUT2D eigenvalue weighted by molar-refractivity contribution is 0.167. The molecule has 1 aliphatic carbocycles. The third kappa shape index (κ3) is 4.22. The molecule has 2 rings (SSSR count). The number of hydrogen-bond acceptors (Lipinski definition) is 3. The maximum Gasteiger partial charge on any atom is 0.154 e. The molecule has 1 saturated heterocycles. The van der Waals surface area contributed by atoms with Crippen molar-refractivity contribution in [3.63, 3.8) is 0 Å². The normalized spacial score (nSPS) is 34.5. The van der Waals surface area contributed by atoms with E-state index in [0.717, 1.165) is 32.2 Å². The fourth-order valence-corrected chi connectivity index (χ4v) is 6.65. The number of sulfone groups is 1. The van der Waals surface area contributed by atoms with Gasteiger partial charge in [-0.15, -0.1) is 0 Å². The van der Waals surface area contributed by atoms with E-state index in [1.54, 1.807) is 0 Å². The molecule has 2 fully saturated rings. The summed E-state index contributed by atoms with van der Waals surface area (Å²) in [6.45, 7) is 5.39. The molecule has 0 radical (unpaired) electrons. The van der Waals surface area contributed by atoms with Crippen LogP contribution in [-0.2, 0) is 9.84 Å². The van der Waals surface area contributed by atoms with Crippen LogP contribution in [0.3, 0.4) is 0 Å². The van der Waals surface area contributed by atoms with Gasteiger partial charge in [0.05, 0.1) is 11.0 Å². The molecule has 1 heterocycles. The second-order valence-corrected chi connectivity index (χ2v) is 9.34. The fourth-order valence-electron chi connectivity index (χ4n) is 4.47. The van der Waals surface area contributed by atoms with Gasteiger partial charge in [0.2, 0.25) is 0 Å². The first kappa shape index (κ1) is 17.3. The lowest BCUT2D eigenvalue weighted by Gasteiger charge is -2.42. The molecule has 0 aromatic heterocycles. The van der Waals surface area contributed by atoms with Gasteiger partial charge in [-0.2, -0.15) is 0 Å². The molecule has 21 heavy (non-hydrogen) atoms.